The zero-order chi connectivity index (χ0) is 25.4. The molecule has 2 amide bonds. The van der Waals surface area contributed by atoms with Gasteiger partial charge >= 0.3 is 0 Å². The minimum absolute atomic E-state index is 0.279. The molecule has 184 valence electrons. The first-order valence-electron chi connectivity index (χ1n) is 10.5. The Morgan fingerprint density at radius 2 is 1.40 bits per heavy atom. The highest BCUT2D eigenvalue weighted by molar-refractivity contribution is 7.81. The fraction of sp³-hybridized carbons (Fsp3) is 0.200. The van der Waals surface area contributed by atoms with Crippen LogP contribution in [0, 0.1) is 0 Å². The SMILES string of the molecule is COc1cccc(C(=O)Nc2cccc(NC(S)NC(=O)c3cc(OC)c(OC)c(OC)c3)c2)c1. The van der Waals surface area contributed by atoms with Crippen molar-refractivity contribution >= 4 is 35.8 Å². The first-order valence-corrected chi connectivity index (χ1v) is 11.0. The van der Waals surface area contributed by atoms with Gasteiger partial charge in [-0.2, -0.15) is 0 Å². The van der Waals surface area contributed by atoms with Crippen molar-refractivity contribution in [1.82, 2.24) is 5.32 Å². The zero-order valence-electron chi connectivity index (χ0n) is 19.7. The number of amides is 2. The van der Waals surface area contributed by atoms with E-state index in [2.05, 4.69) is 28.6 Å². The number of nitrogens with one attached hydrogen (secondary N) is 3. The maximum atomic E-state index is 12.8. The van der Waals surface area contributed by atoms with Crippen molar-refractivity contribution in [2.75, 3.05) is 39.1 Å². The molecule has 3 aromatic carbocycles. The molecule has 3 aromatic rings. The smallest absolute Gasteiger partial charge is 0.255 e. The van der Waals surface area contributed by atoms with Crippen molar-refractivity contribution in [3.05, 3.63) is 71.8 Å². The van der Waals surface area contributed by atoms with Crippen LogP contribution < -0.4 is 34.9 Å². The lowest BCUT2D eigenvalue weighted by Gasteiger charge is -2.18. The molecule has 0 radical (unpaired) electrons. The van der Waals surface area contributed by atoms with Gasteiger partial charge in [0.25, 0.3) is 11.8 Å². The summed E-state index contributed by atoms with van der Waals surface area (Å²) in [6, 6.07) is 17.0. The molecule has 0 heterocycles. The van der Waals surface area contributed by atoms with Crippen LogP contribution in [0.25, 0.3) is 0 Å². The molecule has 0 aromatic heterocycles. The summed E-state index contributed by atoms with van der Waals surface area (Å²) in [7, 11) is 5.98. The van der Waals surface area contributed by atoms with E-state index in [1.807, 2.05) is 0 Å². The fourth-order valence-corrected chi connectivity index (χ4v) is 3.53. The quantitative estimate of drug-likeness (QED) is 0.248. The molecule has 35 heavy (non-hydrogen) atoms. The number of rotatable bonds is 10. The highest BCUT2D eigenvalue weighted by Gasteiger charge is 2.18. The van der Waals surface area contributed by atoms with Crippen molar-refractivity contribution in [2.45, 2.75) is 5.50 Å². The molecule has 0 saturated heterocycles. The number of benzene rings is 3. The van der Waals surface area contributed by atoms with Crippen LogP contribution in [0.1, 0.15) is 20.7 Å². The van der Waals surface area contributed by atoms with Gasteiger partial charge in [0.15, 0.2) is 11.5 Å². The second-order valence-electron chi connectivity index (χ2n) is 7.20. The van der Waals surface area contributed by atoms with Gasteiger partial charge in [0.1, 0.15) is 11.2 Å². The number of carbonyl (C=O) groups excluding carboxylic acids is 2. The third kappa shape index (κ3) is 6.51. The van der Waals surface area contributed by atoms with E-state index in [1.165, 1.54) is 21.3 Å². The highest BCUT2D eigenvalue weighted by atomic mass is 32.1. The molecular formula is C25H27N3O6S. The van der Waals surface area contributed by atoms with E-state index in [1.54, 1.807) is 67.8 Å². The molecule has 0 fully saturated rings. The molecule has 1 atom stereocenters. The van der Waals surface area contributed by atoms with E-state index in [0.717, 1.165) is 0 Å². The summed E-state index contributed by atoms with van der Waals surface area (Å²) in [5.41, 5.74) is 1.25. The van der Waals surface area contributed by atoms with Crippen molar-refractivity contribution in [3.63, 3.8) is 0 Å². The summed E-state index contributed by atoms with van der Waals surface area (Å²) in [6.07, 6.45) is 0. The van der Waals surface area contributed by atoms with E-state index < -0.39 is 11.4 Å². The molecular weight excluding hydrogens is 470 g/mol. The number of hydrogen-bond acceptors (Lipinski definition) is 8. The van der Waals surface area contributed by atoms with Crippen molar-refractivity contribution in [3.8, 4) is 23.0 Å². The van der Waals surface area contributed by atoms with Gasteiger partial charge in [0.2, 0.25) is 5.75 Å². The summed E-state index contributed by atoms with van der Waals surface area (Å²) >= 11 is 4.42. The molecule has 0 aliphatic heterocycles. The van der Waals surface area contributed by atoms with Gasteiger partial charge in [-0.25, -0.2) is 0 Å². The third-order valence-electron chi connectivity index (χ3n) is 4.95. The second kappa shape index (κ2) is 11.9. The van der Waals surface area contributed by atoms with Gasteiger partial charge in [-0.3, -0.25) is 9.59 Å². The van der Waals surface area contributed by atoms with Crippen LogP contribution in [0.2, 0.25) is 0 Å². The molecule has 10 heteroatoms. The van der Waals surface area contributed by atoms with Gasteiger partial charge < -0.3 is 34.9 Å². The number of hydrogen-bond donors (Lipinski definition) is 4. The molecule has 0 aliphatic carbocycles. The molecule has 9 nitrogen and oxygen atoms in total. The molecule has 0 spiro atoms. The van der Waals surface area contributed by atoms with Crippen molar-refractivity contribution < 1.29 is 28.5 Å². The molecule has 1 unspecified atom stereocenters. The predicted molar refractivity (Wildman–Crippen MR) is 137 cm³/mol. The van der Waals surface area contributed by atoms with Gasteiger partial charge in [-0.15, -0.1) is 12.6 Å². The minimum Gasteiger partial charge on any atom is -0.497 e. The summed E-state index contributed by atoms with van der Waals surface area (Å²) in [5.74, 6) is 1.02. The Morgan fingerprint density at radius 3 is 2.03 bits per heavy atom. The standard InChI is InChI=1S/C25H27N3O6S/c1-31-19-10-5-7-15(11-19)23(29)26-17-8-6-9-18(14-17)27-25(35)28-24(30)16-12-20(32-2)22(34-4)21(13-16)33-3/h5-14,25,27,35H,1-4H3,(H,26,29)(H,28,30). The Morgan fingerprint density at radius 1 is 0.743 bits per heavy atom. The monoisotopic (exact) mass is 497 g/mol. The van der Waals surface area contributed by atoms with Crippen LogP contribution in [0.4, 0.5) is 11.4 Å². The summed E-state index contributed by atoms with van der Waals surface area (Å²) < 4.78 is 21.0. The number of carbonyl (C=O) groups is 2. The first-order chi connectivity index (χ1) is 16.9. The van der Waals surface area contributed by atoms with Crippen LogP contribution in [0.3, 0.4) is 0 Å². The maximum absolute atomic E-state index is 12.8. The van der Waals surface area contributed by atoms with Crippen LogP contribution in [-0.4, -0.2) is 45.8 Å². The Labute approximate surface area is 209 Å². The van der Waals surface area contributed by atoms with Crippen LogP contribution in [-0.2, 0) is 0 Å². The van der Waals surface area contributed by atoms with Crippen molar-refractivity contribution in [2.24, 2.45) is 0 Å². The number of ether oxygens (including phenoxy) is 4. The highest BCUT2D eigenvalue weighted by Crippen LogP contribution is 2.38. The normalized spacial score (nSPS) is 11.1. The van der Waals surface area contributed by atoms with E-state index in [9.17, 15) is 9.59 Å². The van der Waals surface area contributed by atoms with E-state index >= 15 is 0 Å². The fourth-order valence-electron chi connectivity index (χ4n) is 3.27. The predicted octanol–water partition coefficient (Wildman–Crippen LogP) is 4.03. The van der Waals surface area contributed by atoms with Crippen LogP contribution in [0.5, 0.6) is 23.0 Å². The first kappa shape index (κ1) is 25.6. The Kier molecular flexibility index (Phi) is 8.69. The maximum Gasteiger partial charge on any atom is 0.255 e. The second-order valence-corrected chi connectivity index (χ2v) is 7.72. The largest absolute Gasteiger partial charge is 0.497 e. The Bertz CT molecular complexity index is 1180. The summed E-state index contributed by atoms with van der Waals surface area (Å²) in [5, 5.41) is 8.65. The molecule has 0 aliphatic rings. The van der Waals surface area contributed by atoms with Crippen LogP contribution >= 0.6 is 12.6 Å². The van der Waals surface area contributed by atoms with E-state index in [0.29, 0.717) is 45.5 Å². The molecule has 3 N–H and O–H groups in total. The number of methoxy groups -OCH3 is 4. The third-order valence-corrected chi connectivity index (χ3v) is 5.21. The zero-order valence-corrected chi connectivity index (χ0v) is 20.6. The van der Waals surface area contributed by atoms with Gasteiger partial charge in [0, 0.05) is 22.5 Å². The van der Waals surface area contributed by atoms with Gasteiger partial charge in [-0.05, 0) is 48.5 Å². The Balaban J connectivity index is 1.66. The lowest BCUT2D eigenvalue weighted by molar-refractivity contribution is 0.0951. The number of thiol groups is 1. The average molecular weight is 498 g/mol. The van der Waals surface area contributed by atoms with E-state index in [-0.39, 0.29) is 5.91 Å². The topological polar surface area (TPSA) is 107 Å². The minimum atomic E-state index is -0.731. The number of anilines is 2. The molecule has 3 rings (SSSR count). The average Bonchev–Trinajstić information content (AvgIpc) is 2.87. The molecule has 0 saturated carbocycles. The Hall–Kier alpha value is -4.05. The lowest BCUT2D eigenvalue weighted by atomic mass is 10.1. The van der Waals surface area contributed by atoms with Crippen LogP contribution in [0.15, 0.2) is 60.7 Å². The lowest BCUT2D eigenvalue weighted by Crippen LogP contribution is -2.36. The van der Waals surface area contributed by atoms with Crippen molar-refractivity contribution in [1.29, 1.82) is 0 Å². The molecule has 0 bridgehead atoms. The van der Waals surface area contributed by atoms with Gasteiger partial charge in [0.05, 0.1) is 28.4 Å². The van der Waals surface area contributed by atoms with E-state index in [4.69, 9.17) is 18.9 Å². The summed E-state index contributed by atoms with van der Waals surface area (Å²) in [6.45, 7) is 0. The van der Waals surface area contributed by atoms with Gasteiger partial charge in [-0.1, -0.05) is 12.1 Å². The summed E-state index contributed by atoms with van der Waals surface area (Å²) in [4.78, 5) is 25.4.